The van der Waals surface area contributed by atoms with Gasteiger partial charge in [0.1, 0.15) is 15.8 Å². The highest BCUT2D eigenvalue weighted by Crippen LogP contribution is 2.65. The van der Waals surface area contributed by atoms with Crippen LogP contribution in [0.2, 0.25) is 10.0 Å². The van der Waals surface area contributed by atoms with Crippen LogP contribution >= 0.6 is 46.4 Å². The molecule has 2 atom stereocenters. The predicted octanol–water partition coefficient (Wildman–Crippen LogP) is 6.77. The van der Waals surface area contributed by atoms with E-state index >= 15 is 0 Å². The van der Waals surface area contributed by atoms with Crippen LogP contribution in [0.1, 0.15) is 21.8 Å². The van der Waals surface area contributed by atoms with Crippen molar-refractivity contribution in [1.29, 1.82) is 0 Å². The molecule has 5 nitrogen and oxygen atoms in total. The minimum Gasteiger partial charge on any atom is -0.399 e. The third kappa shape index (κ3) is 5.02. The van der Waals surface area contributed by atoms with Gasteiger partial charge < -0.3 is 16.4 Å². The molecule has 1 fully saturated rings. The van der Waals surface area contributed by atoms with Crippen LogP contribution in [0, 0.1) is 23.4 Å². The number of nitrogens with one attached hydrogen (secondary N) is 2. The van der Waals surface area contributed by atoms with Crippen molar-refractivity contribution >= 4 is 75.3 Å². The van der Waals surface area contributed by atoms with Gasteiger partial charge in [-0.2, -0.15) is 0 Å². The summed E-state index contributed by atoms with van der Waals surface area (Å²) in [4.78, 5) is 25.5. The van der Waals surface area contributed by atoms with Crippen molar-refractivity contribution in [1.82, 2.24) is 0 Å². The number of nitrogens with two attached hydrogens (primary N) is 1. The molecule has 1 saturated carbocycles. The van der Waals surface area contributed by atoms with Gasteiger partial charge in [-0.3, -0.25) is 9.59 Å². The highest BCUT2D eigenvalue weighted by molar-refractivity contribution is 6.53. The summed E-state index contributed by atoms with van der Waals surface area (Å²) in [5.41, 5.74) is 4.97. The Morgan fingerprint density at radius 3 is 2.14 bits per heavy atom. The lowest BCUT2D eigenvalue weighted by Crippen LogP contribution is -2.19. The van der Waals surface area contributed by atoms with Crippen molar-refractivity contribution in [3.63, 3.8) is 0 Å². The molecule has 0 radical (unpaired) electrons. The normalized spacial score (nSPS) is 18.1. The molecular formula is C23H14Cl4F3N3O2. The summed E-state index contributed by atoms with van der Waals surface area (Å²) in [7, 11) is 0. The number of halogens is 7. The molecule has 0 aliphatic heterocycles. The molecule has 0 saturated heterocycles. The average Bonchev–Trinajstić information content (AvgIpc) is 3.35. The third-order valence-electron chi connectivity index (χ3n) is 5.42. The highest BCUT2D eigenvalue weighted by Gasteiger charge is 2.67. The molecule has 0 aromatic heterocycles. The van der Waals surface area contributed by atoms with Gasteiger partial charge in [0.15, 0.2) is 11.6 Å². The monoisotopic (exact) mass is 561 g/mol. The largest absolute Gasteiger partial charge is 0.399 e. The van der Waals surface area contributed by atoms with E-state index in [2.05, 4.69) is 10.6 Å². The number of anilines is 3. The van der Waals surface area contributed by atoms with Crippen LogP contribution in [0.25, 0.3) is 0 Å². The molecule has 0 bridgehead atoms. The first-order valence-electron chi connectivity index (χ1n) is 9.89. The van der Waals surface area contributed by atoms with E-state index in [1.807, 2.05) is 0 Å². The number of rotatable bonds is 5. The Kier molecular flexibility index (Phi) is 6.85. The molecule has 3 aromatic carbocycles. The average molecular weight is 563 g/mol. The summed E-state index contributed by atoms with van der Waals surface area (Å²) in [6, 6.07) is 9.57. The van der Waals surface area contributed by atoms with E-state index in [1.54, 1.807) is 0 Å². The molecule has 1 aliphatic rings. The van der Waals surface area contributed by atoms with Gasteiger partial charge in [-0.1, -0.05) is 29.3 Å². The molecule has 12 heteroatoms. The molecule has 35 heavy (non-hydrogen) atoms. The van der Waals surface area contributed by atoms with Crippen molar-refractivity contribution in [2.75, 3.05) is 16.4 Å². The first-order valence-corrected chi connectivity index (χ1v) is 11.4. The molecule has 4 N–H and O–H groups in total. The third-order valence-corrected chi connectivity index (χ3v) is 6.98. The maximum Gasteiger partial charge on any atom is 0.257 e. The van der Waals surface area contributed by atoms with Gasteiger partial charge in [-0.15, -0.1) is 23.2 Å². The van der Waals surface area contributed by atoms with Gasteiger partial charge in [0.25, 0.3) is 5.91 Å². The highest BCUT2D eigenvalue weighted by atomic mass is 35.5. The first kappa shape index (κ1) is 25.4. The maximum atomic E-state index is 14.1. The Morgan fingerprint density at radius 1 is 0.857 bits per heavy atom. The molecular weight excluding hydrogens is 549 g/mol. The molecule has 3 aromatic rings. The number of nitrogen functional groups attached to an aromatic ring is 1. The summed E-state index contributed by atoms with van der Waals surface area (Å²) >= 11 is 24.5. The van der Waals surface area contributed by atoms with Gasteiger partial charge in [0.2, 0.25) is 5.91 Å². The summed E-state index contributed by atoms with van der Waals surface area (Å²) in [6.45, 7) is 0. The second-order valence-electron chi connectivity index (χ2n) is 7.80. The zero-order valence-corrected chi connectivity index (χ0v) is 20.3. The lowest BCUT2D eigenvalue weighted by molar-refractivity contribution is -0.117. The number of alkyl halides is 2. The number of amides is 2. The first-order chi connectivity index (χ1) is 16.4. The van der Waals surface area contributed by atoms with E-state index in [-0.39, 0.29) is 27.0 Å². The van der Waals surface area contributed by atoms with Crippen LogP contribution in [0.3, 0.4) is 0 Å². The van der Waals surface area contributed by atoms with E-state index in [1.165, 1.54) is 30.3 Å². The second kappa shape index (κ2) is 9.43. The minimum atomic E-state index is -1.47. The maximum absolute atomic E-state index is 14.1. The van der Waals surface area contributed by atoms with Crippen LogP contribution in [0.4, 0.5) is 30.2 Å². The second-order valence-corrected chi connectivity index (χ2v) is 10.1. The van der Waals surface area contributed by atoms with Gasteiger partial charge >= 0.3 is 0 Å². The van der Waals surface area contributed by atoms with Crippen molar-refractivity contribution in [2.24, 2.45) is 5.92 Å². The molecule has 0 spiro atoms. The van der Waals surface area contributed by atoms with Crippen LogP contribution in [-0.4, -0.2) is 16.1 Å². The summed E-state index contributed by atoms with van der Waals surface area (Å²) < 4.78 is 40.1. The predicted molar refractivity (Wildman–Crippen MR) is 131 cm³/mol. The Hall–Kier alpha value is -2.65. The number of benzene rings is 3. The van der Waals surface area contributed by atoms with Crippen molar-refractivity contribution < 1.29 is 22.8 Å². The fraction of sp³-hybridized carbons (Fsp3) is 0.130. The van der Waals surface area contributed by atoms with Gasteiger partial charge in [0.05, 0.1) is 21.5 Å². The van der Waals surface area contributed by atoms with Crippen molar-refractivity contribution in [3.05, 3.63) is 87.2 Å². The van der Waals surface area contributed by atoms with E-state index < -0.39 is 51.1 Å². The summed E-state index contributed by atoms with van der Waals surface area (Å²) in [6.07, 6.45) is 0. The standard InChI is InChI=1S/C23H14Cl4F3N3O2/c24-13-3-2-11(8-12(13)21(34)33-20-16(29)6-10(31)7-17(20)30)32-22(35)19-18(23(19,26)27)9-1-4-15(28)14(25)5-9/h1-8,18-19H,31H2,(H,32,35)(H,33,34)/t18-,19?/m0/s1. The van der Waals surface area contributed by atoms with E-state index in [9.17, 15) is 22.8 Å². The Morgan fingerprint density at radius 2 is 1.51 bits per heavy atom. The van der Waals surface area contributed by atoms with Gasteiger partial charge in [0, 0.05) is 17.3 Å². The number of carbonyl (C=O) groups excluding carboxylic acids is 2. The number of hydrogen-bond donors (Lipinski definition) is 3. The number of carbonyl (C=O) groups is 2. The Bertz CT molecular complexity index is 1350. The SMILES string of the molecule is Nc1cc(F)c(NC(=O)c2cc(NC(=O)C3[C@H](c4ccc(F)c(Cl)c4)C3(Cl)Cl)ccc2Cl)c(F)c1. The fourth-order valence-corrected chi connectivity index (χ4v) is 4.88. The minimum absolute atomic E-state index is 0.0361. The lowest BCUT2D eigenvalue weighted by atomic mass is 10.1. The zero-order valence-electron chi connectivity index (χ0n) is 17.3. The molecule has 0 heterocycles. The number of hydrogen-bond acceptors (Lipinski definition) is 3. The molecule has 4 rings (SSSR count). The van der Waals surface area contributed by atoms with Crippen LogP contribution in [0.5, 0.6) is 0 Å². The summed E-state index contributed by atoms with van der Waals surface area (Å²) in [5.74, 6) is -5.84. The lowest BCUT2D eigenvalue weighted by Gasteiger charge is -2.12. The van der Waals surface area contributed by atoms with E-state index in [4.69, 9.17) is 52.1 Å². The van der Waals surface area contributed by atoms with Gasteiger partial charge in [-0.05, 0) is 48.0 Å². The quantitative estimate of drug-likeness (QED) is 0.237. The Balaban J connectivity index is 1.52. The smallest absolute Gasteiger partial charge is 0.257 e. The summed E-state index contributed by atoms with van der Waals surface area (Å²) in [5, 5.41) is 4.51. The van der Waals surface area contributed by atoms with E-state index in [0.717, 1.165) is 18.2 Å². The Labute approximate surface area is 217 Å². The van der Waals surface area contributed by atoms with Crippen LogP contribution in [-0.2, 0) is 4.79 Å². The fourth-order valence-electron chi connectivity index (χ4n) is 3.66. The van der Waals surface area contributed by atoms with Crippen molar-refractivity contribution in [3.8, 4) is 0 Å². The van der Waals surface area contributed by atoms with E-state index in [0.29, 0.717) is 5.56 Å². The van der Waals surface area contributed by atoms with Crippen LogP contribution < -0.4 is 16.4 Å². The molecule has 2 amide bonds. The molecule has 182 valence electrons. The molecule has 1 aliphatic carbocycles. The molecule has 1 unspecified atom stereocenters. The zero-order chi connectivity index (χ0) is 25.7. The van der Waals surface area contributed by atoms with Crippen molar-refractivity contribution in [2.45, 2.75) is 10.3 Å². The van der Waals surface area contributed by atoms with Crippen LogP contribution in [0.15, 0.2) is 48.5 Å². The topological polar surface area (TPSA) is 84.2 Å². The van der Waals surface area contributed by atoms with Gasteiger partial charge in [-0.25, -0.2) is 13.2 Å².